The van der Waals surface area contributed by atoms with Gasteiger partial charge in [-0.25, -0.2) is 4.98 Å². The molecular weight excluding hydrogens is 292 g/mol. The van der Waals surface area contributed by atoms with Crippen molar-refractivity contribution in [2.75, 3.05) is 19.0 Å². The molecular formula is C13H18N4OS2. The highest BCUT2D eigenvalue weighted by molar-refractivity contribution is 7.23. The fourth-order valence-corrected chi connectivity index (χ4v) is 4.30. The summed E-state index contributed by atoms with van der Waals surface area (Å²) in [5.74, 6) is 0.373. The lowest BCUT2D eigenvalue weighted by Crippen LogP contribution is -1.96. The number of rotatable bonds is 4. The monoisotopic (exact) mass is 310 g/mol. The molecule has 20 heavy (non-hydrogen) atoms. The van der Waals surface area contributed by atoms with Gasteiger partial charge in [0.2, 0.25) is 5.13 Å². The van der Waals surface area contributed by atoms with Crippen molar-refractivity contribution >= 4 is 27.8 Å². The van der Waals surface area contributed by atoms with E-state index in [1.165, 1.54) is 0 Å². The summed E-state index contributed by atoms with van der Waals surface area (Å²) in [7, 11) is 1.86. The molecule has 108 valence electrons. The molecule has 1 unspecified atom stereocenters. The standard InChI is InChI=1S/C13H18N4OS2/c1-7(2)9-10(12-16-17-13(14-3)20-12)19-11(15-9)8-5-4-6-18-8/h7-8H,4-6H2,1-3H3,(H,14,17). The van der Waals surface area contributed by atoms with E-state index in [4.69, 9.17) is 9.72 Å². The Balaban J connectivity index is 1.99. The summed E-state index contributed by atoms with van der Waals surface area (Å²) in [5.41, 5.74) is 1.11. The lowest BCUT2D eigenvalue weighted by atomic mass is 10.1. The van der Waals surface area contributed by atoms with Crippen molar-refractivity contribution in [2.45, 2.75) is 38.7 Å². The third-order valence-corrected chi connectivity index (χ3v) is 5.51. The lowest BCUT2D eigenvalue weighted by molar-refractivity contribution is 0.111. The van der Waals surface area contributed by atoms with Gasteiger partial charge >= 0.3 is 0 Å². The predicted octanol–water partition coefficient (Wildman–Crippen LogP) is 3.68. The second-order valence-corrected chi connectivity index (χ2v) is 7.09. The van der Waals surface area contributed by atoms with E-state index in [2.05, 4.69) is 29.4 Å². The van der Waals surface area contributed by atoms with Gasteiger partial charge in [0.05, 0.1) is 10.6 Å². The van der Waals surface area contributed by atoms with Gasteiger partial charge in [0.1, 0.15) is 11.1 Å². The zero-order valence-electron chi connectivity index (χ0n) is 11.8. The van der Waals surface area contributed by atoms with Crippen LogP contribution < -0.4 is 5.32 Å². The Morgan fingerprint density at radius 1 is 1.30 bits per heavy atom. The van der Waals surface area contributed by atoms with Crippen LogP contribution in [-0.4, -0.2) is 28.8 Å². The highest BCUT2D eigenvalue weighted by atomic mass is 32.1. The first-order valence-electron chi connectivity index (χ1n) is 6.83. The van der Waals surface area contributed by atoms with E-state index in [1.807, 2.05) is 7.05 Å². The number of nitrogens with zero attached hydrogens (tertiary/aromatic N) is 3. The van der Waals surface area contributed by atoms with E-state index < -0.39 is 0 Å². The number of anilines is 1. The highest BCUT2D eigenvalue weighted by Gasteiger charge is 2.26. The van der Waals surface area contributed by atoms with Crippen LogP contribution in [0.2, 0.25) is 0 Å². The summed E-state index contributed by atoms with van der Waals surface area (Å²) in [4.78, 5) is 5.96. The van der Waals surface area contributed by atoms with Crippen molar-refractivity contribution in [3.05, 3.63) is 10.7 Å². The predicted molar refractivity (Wildman–Crippen MR) is 82.6 cm³/mol. The summed E-state index contributed by atoms with van der Waals surface area (Å²) in [6.45, 7) is 5.18. The smallest absolute Gasteiger partial charge is 0.205 e. The highest BCUT2D eigenvalue weighted by Crippen LogP contribution is 2.41. The van der Waals surface area contributed by atoms with E-state index in [0.717, 1.165) is 45.2 Å². The average Bonchev–Trinajstić information content (AvgIpc) is 3.17. The maximum Gasteiger partial charge on any atom is 0.205 e. The third-order valence-electron chi connectivity index (χ3n) is 3.26. The topological polar surface area (TPSA) is 59.9 Å². The first kappa shape index (κ1) is 13.9. The fourth-order valence-electron chi connectivity index (χ4n) is 2.22. The first-order valence-corrected chi connectivity index (χ1v) is 8.46. The van der Waals surface area contributed by atoms with Crippen LogP contribution in [0, 0.1) is 0 Å². The number of thiazole rings is 1. The molecule has 7 heteroatoms. The Morgan fingerprint density at radius 3 is 2.75 bits per heavy atom. The van der Waals surface area contributed by atoms with E-state index >= 15 is 0 Å². The first-order chi connectivity index (χ1) is 9.69. The maximum absolute atomic E-state index is 5.75. The Bertz CT molecular complexity index is 587. The number of aromatic nitrogens is 3. The Hall–Kier alpha value is -1.05. The van der Waals surface area contributed by atoms with Gasteiger partial charge in [0, 0.05) is 13.7 Å². The van der Waals surface area contributed by atoms with Gasteiger partial charge in [-0.3, -0.25) is 0 Å². The molecule has 1 aliphatic rings. The summed E-state index contributed by atoms with van der Waals surface area (Å²) >= 11 is 3.28. The van der Waals surface area contributed by atoms with Gasteiger partial charge in [0.15, 0.2) is 5.01 Å². The van der Waals surface area contributed by atoms with Crippen molar-refractivity contribution in [1.82, 2.24) is 15.2 Å². The molecule has 1 atom stereocenters. The van der Waals surface area contributed by atoms with Crippen molar-refractivity contribution < 1.29 is 4.74 Å². The largest absolute Gasteiger partial charge is 0.371 e. The second-order valence-electron chi connectivity index (χ2n) is 5.09. The fraction of sp³-hybridized carbons (Fsp3) is 0.615. The summed E-state index contributed by atoms with van der Waals surface area (Å²) < 4.78 is 5.75. The van der Waals surface area contributed by atoms with Crippen molar-refractivity contribution in [3.63, 3.8) is 0 Å². The number of ether oxygens (including phenoxy) is 1. The summed E-state index contributed by atoms with van der Waals surface area (Å²) in [6.07, 6.45) is 2.37. The molecule has 2 aromatic rings. The minimum Gasteiger partial charge on any atom is -0.371 e. The van der Waals surface area contributed by atoms with Crippen LogP contribution >= 0.6 is 22.7 Å². The van der Waals surface area contributed by atoms with Gasteiger partial charge in [0.25, 0.3) is 0 Å². The van der Waals surface area contributed by atoms with Crippen LogP contribution in [-0.2, 0) is 4.74 Å². The van der Waals surface area contributed by atoms with Crippen LogP contribution in [0.4, 0.5) is 5.13 Å². The second kappa shape index (κ2) is 5.75. The number of hydrogen-bond donors (Lipinski definition) is 1. The zero-order chi connectivity index (χ0) is 14.1. The van der Waals surface area contributed by atoms with Gasteiger partial charge < -0.3 is 10.1 Å². The quantitative estimate of drug-likeness (QED) is 0.933. The van der Waals surface area contributed by atoms with Gasteiger partial charge in [-0.15, -0.1) is 21.5 Å². The van der Waals surface area contributed by atoms with Crippen LogP contribution in [0.3, 0.4) is 0 Å². The van der Waals surface area contributed by atoms with Crippen LogP contribution in [0.25, 0.3) is 9.88 Å². The van der Waals surface area contributed by atoms with Gasteiger partial charge in [-0.05, 0) is 18.8 Å². The van der Waals surface area contributed by atoms with Gasteiger partial charge in [-0.1, -0.05) is 25.2 Å². The third kappa shape index (κ3) is 2.57. The number of nitrogens with one attached hydrogen (secondary N) is 1. The summed E-state index contributed by atoms with van der Waals surface area (Å²) in [5, 5.41) is 14.3. The molecule has 0 aliphatic carbocycles. The van der Waals surface area contributed by atoms with E-state index in [9.17, 15) is 0 Å². The van der Waals surface area contributed by atoms with E-state index in [0.29, 0.717) is 5.92 Å². The molecule has 0 bridgehead atoms. The van der Waals surface area contributed by atoms with Crippen molar-refractivity contribution in [2.24, 2.45) is 0 Å². The zero-order valence-corrected chi connectivity index (χ0v) is 13.5. The molecule has 2 aromatic heterocycles. The van der Waals surface area contributed by atoms with Crippen LogP contribution in [0.1, 0.15) is 49.4 Å². The van der Waals surface area contributed by atoms with Crippen LogP contribution in [0.5, 0.6) is 0 Å². The van der Waals surface area contributed by atoms with Crippen molar-refractivity contribution in [3.8, 4) is 9.88 Å². The Labute approximate surface area is 126 Å². The molecule has 1 aliphatic heterocycles. The normalized spacial score (nSPS) is 18.9. The molecule has 1 fully saturated rings. The number of hydrogen-bond acceptors (Lipinski definition) is 7. The molecule has 1 saturated heterocycles. The molecule has 0 spiro atoms. The molecule has 1 N–H and O–H groups in total. The molecule has 0 radical (unpaired) electrons. The average molecular weight is 310 g/mol. The SMILES string of the molecule is CNc1nnc(-c2sc(C3CCCO3)nc2C(C)C)s1. The molecule has 3 heterocycles. The molecule has 0 amide bonds. The molecule has 5 nitrogen and oxygen atoms in total. The molecule has 0 saturated carbocycles. The van der Waals surface area contributed by atoms with Gasteiger partial charge in [-0.2, -0.15) is 0 Å². The van der Waals surface area contributed by atoms with Crippen LogP contribution in [0.15, 0.2) is 0 Å². The lowest BCUT2D eigenvalue weighted by Gasteiger charge is -2.04. The Morgan fingerprint density at radius 2 is 2.15 bits per heavy atom. The van der Waals surface area contributed by atoms with E-state index in [-0.39, 0.29) is 6.10 Å². The molecule has 3 rings (SSSR count). The maximum atomic E-state index is 5.75. The van der Waals surface area contributed by atoms with E-state index in [1.54, 1.807) is 22.7 Å². The minimum atomic E-state index is 0.169. The Kier molecular flexibility index (Phi) is 4.00. The van der Waals surface area contributed by atoms with Crippen molar-refractivity contribution in [1.29, 1.82) is 0 Å². The minimum absolute atomic E-state index is 0.169. The summed E-state index contributed by atoms with van der Waals surface area (Å²) in [6, 6.07) is 0. The molecule has 0 aromatic carbocycles.